The van der Waals surface area contributed by atoms with Crippen LogP contribution in [0.1, 0.15) is 58.2 Å². The second kappa shape index (κ2) is 6.88. The first-order valence-corrected chi connectivity index (χ1v) is 11.3. The van der Waals surface area contributed by atoms with Gasteiger partial charge in [-0.15, -0.1) is 0 Å². The molecule has 0 aliphatic carbocycles. The standard InChI is InChI=1S/C27H30BrNO/c1-16-8-9-19-22(12-16)29-11-10-18(28)15-23(29)24(19)17-13-20(26(2,3)4)25(30)21(14-17)27(5,6)7/h8-15,30H,1-7H3. The lowest BCUT2D eigenvalue weighted by molar-refractivity contribution is 0.423. The van der Waals surface area contributed by atoms with Crippen LogP contribution < -0.4 is 0 Å². The van der Waals surface area contributed by atoms with Gasteiger partial charge in [0.15, 0.2) is 0 Å². The van der Waals surface area contributed by atoms with Crippen molar-refractivity contribution >= 4 is 32.3 Å². The summed E-state index contributed by atoms with van der Waals surface area (Å²) < 4.78 is 3.32. The third kappa shape index (κ3) is 3.43. The average Bonchev–Trinajstić information content (AvgIpc) is 2.92. The van der Waals surface area contributed by atoms with Gasteiger partial charge in [-0.05, 0) is 59.2 Å². The van der Waals surface area contributed by atoms with Crippen LogP contribution in [0.2, 0.25) is 0 Å². The summed E-state index contributed by atoms with van der Waals surface area (Å²) in [5.74, 6) is 0.420. The first kappa shape index (κ1) is 21.0. The Hall–Kier alpha value is -2.26. The fraction of sp³-hybridized carbons (Fsp3) is 0.333. The number of aromatic nitrogens is 1. The SMILES string of the molecule is Cc1ccc2c(-c3cc(C(C)(C)C)c(O)c(C(C)(C)C)c3)c3cc(Br)ccn3c2c1. The van der Waals surface area contributed by atoms with Crippen molar-refractivity contribution in [3.05, 3.63) is 69.8 Å². The average molecular weight is 464 g/mol. The van der Waals surface area contributed by atoms with Gasteiger partial charge in [0.05, 0.1) is 11.0 Å². The highest BCUT2D eigenvalue weighted by Crippen LogP contribution is 2.45. The quantitative estimate of drug-likeness (QED) is 0.302. The largest absolute Gasteiger partial charge is 0.507 e. The van der Waals surface area contributed by atoms with Crippen LogP contribution in [0.3, 0.4) is 0 Å². The first-order chi connectivity index (χ1) is 13.9. The predicted octanol–water partition coefficient (Wildman–Crippen LogP) is 8.13. The molecule has 0 spiro atoms. The summed E-state index contributed by atoms with van der Waals surface area (Å²) in [6, 6.07) is 15.3. The van der Waals surface area contributed by atoms with Gasteiger partial charge in [0.2, 0.25) is 0 Å². The summed E-state index contributed by atoms with van der Waals surface area (Å²) in [6.07, 6.45) is 2.13. The number of phenols is 1. The maximum Gasteiger partial charge on any atom is 0.123 e. The van der Waals surface area contributed by atoms with E-state index < -0.39 is 0 Å². The van der Waals surface area contributed by atoms with Crippen LogP contribution in [-0.4, -0.2) is 9.51 Å². The van der Waals surface area contributed by atoms with Crippen LogP contribution in [0.4, 0.5) is 0 Å². The van der Waals surface area contributed by atoms with Gasteiger partial charge >= 0.3 is 0 Å². The maximum absolute atomic E-state index is 11.2. The summed E-state index contributed by atoms with van der Waals surface area (Å²) in [4.78, 5) is 0. The van der Waals surface area contributed by atoms with Crippen molar-refractivity contribution in [2.24, 2.45) is 0 Å². The van der Waals surface area contributed by atoms with Crippen molar-refractivity contribution in [2.45, 2.75) is 59.3 Å². The van der Waals surface area contributed by atoms with Crippen LogP contribution in [0.25, 0.3) is 27.5 Å². The van der Waals surface area contributed by atoms with E-state index in [2.05, 4.69) is 117 Å². The Bertz CT molecular complexity index is 1250. The monoisotopic (exact) mass is 463 g/mol. The van der Waals surface area contributed by atoms with E-state index in [-0.39, 0.29) is 10.8 Å². The Morgan fingerprint density at radius 3 is 1.97 bits per heavy atom. The van der Waals surface area contributed by atoms with E-state index in [1.807, 2.05) is 0 Å². The number of nitrogens with zero attached hydrogens (tertiary/aromatic N) is 1. The lowest BCUT2D eigenvalue weighted by Crippen LogP contribution is -2.17. The van der Waals surface area contributed by atoms with Gasteiger partial charge in [-0.1, -0.05) is 69.6 Å². The fourth-order valence-corrected chi connectivity index (χ4v) is 4.63. The van der Waals surface area contributed by atoms with Crippen LogP contribution in [0, 0.1) is 6.92 Å². The summed E-state index contributed by atoms with van der Waals surface area (Å²) >= 11 is 3.66. The summed E-state index contributed by atoms with van der Waals surface area (Å²) in [5, 5.41) is 12.4. The van der Waals surface area contributed by atoms with Crippen molar-refractivity contribution in [3.8, 4) is 16.9 Å². The lowest BCUT2D eigenvalue weighted by atomic mass is 9.77. The number of pyridine rings is 1. The van der Waals surface area contributed by atoms with Crippen molar-refractivity contribution in [1.29, 1.82) is 0 Å². The molecule has 2 heterocycles. The van der Waals surface area contributed by atoms with Crippen molar-refractivity contribution in [1.82, 2.24) is 4.40 Å². The minimum Gasteiger partial charge on any atom is -0.507 e. The van der Waals surface area contributed by atoms with Gasteiger partial charge in [-0.2, -0.15) is 0 Å². The van der Waals surface area contributed by atoms with E-state index in [1.165, 1.54) is 22.0 Å². The molecule has 2 nitrogen and oxygen atoms in total. The van der Waals surface area contributed by atoms with Gasteiger partial charge in [-0.25, -0.2) is 0 Å². The van der Waals surface area contributed by atoms with Crippen molar-refractivity contribution in [3.63, 3.8) is 0 Å². The molecule has 0 radical (unpaired) electrons. The molecule has 156 valence electrons. The van der Waals surface area contributed by atoms with Crippen LogP contribution in [-0.2, 0) is 10.8 Å². The molecule has 0 aliphatic heterocycles. The van der Waals surface area contributed by atoms with E-state index in [1.54, 1.807) is 0 Å². The lowest BCUT2D eigenvalue weighted by Gasteiger charge is -2.28. The topological polar surface area (TPSA) is 24.6 Å². The third-order valence-corrected chi connectivity index (χ3v) is 6.36. The van der Waals surface area contributed by atoms with Gasteiger partial charge in [0.25, 0.3) is 0 Å². The predicted molar refractivity (Wildman–Crippen MR) is 132 cm³/mol. The molecule has 4 rings (SSSR count). The minimum atomic E-state index is -0.164. The van der Waals surface area contributed by atoms with E-state index in [0.29, 0.717) is 5.75 Å². The highest BCUT2D eigenvalue weighted by molar-refractivity contribution is 9.10. The number of rotatable bonds is 1. The number of hydrogen-bond acceptors (Lipinski definition) is 1. The summed E-state index contributed by atoms with van der Waals surface area (Å²) in [5.41, 5.74) is 7.61. The van der Waals surface area contributed by atoms with Crippen LogP contribution in [0.15, 0.2) is 53.1 Å². The van der Waals surface area contributed by atoms with Crippen molar-refractivity contribution in [2.75, 3.05) is 0 Å². The maximum atomic E-state index is 11.2. The van der Waals surface area contributed by atoms with E-state index >= 15 is 0 Å². The number of benzene rings is 2. The molecule has 2 aromatic carbocycles. The van der Waals surface area contributed by atoms with Crippen LogP contribution >= 0.6 is 15.9 Å². The Balaban J connectivity index is 2.18. The zero-order valence-corrected chi connectivity index (χ0v) is 20.5. The third-order valence-electron chi connectivity index (χ3n) is 5.87. The molecule has 30 heavy (non-hydrogen) atoms. The molecule has 0 atom stereocenters. The second-order valence-electron chi connectivity index (χ2n) is 10.4. The van der Waals surface area contributed by atoms with Gasteiger partial charge in [-0.3, -0.25) is 0 Å². The van der Waals surface area contributed by atoms with Gasteiger partial charge < -0.3 is 9.51 Å². The number of halogens is 1. The molecule has 0 unspecified atom stereocenters. The van der Waals surface area contributed by atoms with Gasteiger partial charge in [0.1, 0.15) is 5.75 Å². The molecule has 0 amide bonds. The molecule has 0 saturated carbocycles. The zero-order chi connectivity index (χ0) is 22.0. The number of hydrogen-bond donors (Lipinski definition) is 1. The van der Waals surface area contributed by atoms with Gasteiger partial charge in [0, 0.05) is 32.7 Å². The molecule has 3 heteroatoms. The van der Waals surface area contributed by atoms with E-state index in [9.17, 15) is 5.11 Å². The summed E-state index contributed by atoms with van der Waals surface area (Å²) in [7, 11) is 0. The molecular weight excluding hydrogens is 434 g/mol. The molecule has 0 bridgehead atoms. The number of aromatic hydroxyl groups is 1. The number of aryl methyl sites for hydroxylation is 1. The normalized spacial score (nSPS) is 12.8. The molecule has 4 aromatic rings. The number of fused-ring (bicyclic) bond motifs is 3. The van der Waals surface area contributed by atoms with E-state index in [4.69, 9.17) is 0 Å². The Kier molecular flexibility index (Phi) is 4.81. The smallest absolute Gasteiger partial charge is 0.123 e. The number of phenolic OH excluding ortho intramolecular Hbond substituents is 1. The molecule has 0 saturated heterocycles. The van der Waals surface area contributed by atoms with Crippen molar-refractivity contribution < 1.29 is 5.11 Å². The Morgan fingerprint density at radius 1 is 0.800 bits per heavy atom. The minimum absolute atomic E-state index is 0.164. The first-order valence-electron chi connectivity index (χ1n) is 10.5. The molecule has 2 aromatic heterocycles. The highest BCUT2D eigenvalue weighted by Gasteiger charge is 2.28. The molecule has 0 fully saturated rings. The Labute approximate surface area is 187 Å². The van der Waals surface area contributed by atoms with Crippen LogP contribution in [0.5, 0.6) is 5.75 Å². The zero-order valence-electron chi connectivity index (χ0n) is 18.9. The Morgan fingerprint density at radius 2 is 1.40 bits per heavy atom. The van der Waals surface area contributed by atoms with E-state index in [0.717, 1.165) is 26.7 Å². The summed E-state index contributed by atoms with van der Waals surface area (Å²) in [6.45, 7) is 15.1. The molecular formula is C27H30BrNO. The molecule has 1 N–H and O–H groups in total. The second-order valence-corrected chi connectivity index (χ2v) is 11.3. The highest BCUT2D eigenvalue weighted by atomic mass is 79.9. The fourth-order valence-electron chi connectivity index (χ4n) is 4.29. The molecule has 0 aliphatic rings.